The molecular weight excluding hydrogens is 336 g/mol. The number of benzene rings is 1. The summed E-state index contributed by atoms with van der Waals surface area (Å²) in [6.45, 7) is 14.8. The minimum absolute atomic E-state index is 0.0460. The molecule has 0 heterocycles. The summed E-state index contributed by atoms with van der Waals surface area (Å²) in [7, 11) is 0. The molecule has 2 atom stereocenters. The highest BCUT2D eigenvalue weighted by molar-refractivity contribution is 5.95. The molecule has 0 saturated heterocycles. The summed E-state index contributed by atoms with van der Waals surface area (Å²) in [6.07, 6.45) is 6.72. The van der Waals surface area contributed by atoms with E-state index in [1.807, 2.05) is 13.8 Å². The average Bonchev–Trinajstić information content (AvgIpc) is 2.59. The van der Waals surface area contributed by atoms with Crippen LogP contribution in [0.5, 0.6) is 5.75 Å². The predicted molar refractivity (Wildman–Crippen MR) is 111 cm³/mol. The summed E-state index contributed by atoms with van der Waals surface area (Å²) in [5.74, 6) is 0.00341. The van der Waals surface area contributed by atoms with E-state index in [0.29, 0.717) is 12.2 Å². The Bertz CT molecular complexity index is 742. The van der Waals surface area contributed by atoms with Gasteiger partial charge in [-0.1, -0.05) is 50.1 Å². The highest BCUT2D eigenvalue weighted by Gasteiger charge is 2.32. The molecule has 0 amide bonds. The van der Waals surface area contributed by atoms with Gasteiger partial charge in [0, 0.05) is 11.5 Å². The lowest BCUT2D eigenvalue weighted by Gasteiger charge is -2.32. The van der Waals surface area contributed by atoms with Gasteiger partial charge in [-0.3, -0.25) is 0 Å². The molecule has 27 heavy (non-hydrogen) atoms. The first-order chi connectivity index (χ1) is 12.8. The lowest BCUT2D eigenvalue weighted by Crippen LogP contribution is -2.19. The van der Waals surface area contributed by atoms with Gasteiger partial charge >= 0.3 is 5.97 Å². The van der Waals surface area contributed by atoms with Gasteiger partial charge in [0.05, 0.1) is 6.61 Å². The quantitative estimate of drug-likeness (QED) is 0.457. The number of hydrogen-bond acceptors (Lipinski definition) is 3. The summed E-state index contributed by atoms with van der Waals surface area (Å²) < 4.78 is 5.39. The fraction of sp³-hybridized carbons (Fsp3) is 0.542. The van der Waals surface area contributed by atoms with Gasteiger partial charge in [-0.25, -0.2) is 4.79 Å². The molecule has 0 spiro atoms. The largest absolute Gasteiger partial charge is 0.507 e. The molecule has 0 aromatic heterocycles. The van der Waals surface area contributed by atoms with E-state index < -0.39 is 5.97 Å². The van der Waals surface area contributed by atoms with Crippen LogP contribution in [0, 0.1) is 12.8 Å². The number of aromatic hydroxyl groups is 1. The highest BCUT2D eigenvalue weighted by atomic mass is 16.5. The number of carbonyl (C=O) groups excluding carboxylic acids is 1. The third-order valence-corrected chi connectivity index (χ3v) is 5.50. The van der Waals surface area contributed by atoms with E-state index in [2.05, 4.69) is 39.5 Å². The van der Waals surface area contributed by atoms with Gasteiger partial charge in [-0.05, 0) is 63.5 Å². The number of phenolic OH excluding ortho intramolecular Hbond substituents is 1. The molecule has 148 valence electrons. The van der Waals surface area contributed by atoms with Crippen LogP contribution >= 0.6 is 0 Å². The second kappa shape index (κ2) is 9.25. The smallest absolute Gasteiger partial charge is 0.342 e. The topological polar surface area (TPSA) is 46.5 Å². The molecule has 0 unspecified atom stereocenters. The van der Waals surface area contributed by atoms with Gasteiger partial charge in [0.2, 0.25) is 0 Å². The lowest BCUT2D eigenvalue weighted by atomic mass is 9.72. The normalized spacial score (nSPS) is 19.5. The zero-order chi connectivity index (χ0) is 20.1. The Kier molecular flexibility index (Phi) is 7.29. The Balaban J connectivity index is 2.64. The van der Waals surface area contributed by atoms with Crippen LogP contribution in [0.2, 0.25) is 0 Å². The molecule has 1 aromatic carbocycles. The number of aryl methyl sites for hydroxylation is 2. The Morgan fingerprint density at radius 2 is 2.00 bits per heavy atom. The summed E-state index contributed by atoms with van der Waals surface area (Å²) >= 11 is 0. The van der Waals surface area contributed by atoms with Gasteiger partial charge in [-0.15, -0.1) is 0 Å². The minimum atomic E-state index is -0.414. The number of esters is 1. The van der Waals surface area contributed by atoms with Crippen molar-refractivity contribution in [3.05, 3.63) is 52.1 Å². The van der Waals surface area contributed by atoms with Crippen molar-refractivity contribution in [1.29, 1.82) is 0 Å². The van der Waals surface area contributed by atoms with Crippen molar-refractivity contribution in [3.63, 3.8) is 0 Å². The van der Waals surface area contributed by atoms with E-state index >= 15 is 0 Å². The SMILES string of the molecule is C=C(C)[C@@H]1CCC(C)=C[C@H]1c1c(C)cc(CCC)c(C(=O)OCCC)c1O. The van der Waals surface area contributed by atoms with Crippen molar-refractivity contribution < 1.29 is 14.6 Å². The monoisotopic (exact) mass is 370 g/mol. The molecule has 2 rings (SSSR count). The van der Waals surface area contributed by atoms with Crippen LogP contribution in [0.15, 0.2) is 29.9 Å². The number of rotatable bonds is 7. The first-order valence-electron chi connectivity index (χ1n) is 10.2. The number of allylic oxidation sites excluding steroid dienone is 3. The highest BCUT2D eigenvalue weighted by Crippen LogP contribution is 2.45. The van der Waals surface area contributed by atoms with Crippen LogP contribution in [-0.2, 0) is 11.2 Å². The third-order valence-electron chi connectivity index (χ3n) is 5.50. The predicted octanol–water partition coefficient (Wildman–Crippen LogP) is 6.24. The zero-order valence-corrected chi connectivity index (χ0v) is 17.5. The first-order valence-corrected chi connectivity index (χ1v) is 10.2. The molecule has 0 aliphatic heterocycles. The summed E-state index contributed by atoms with van der Waals surface area (Å²) in [5.41, 5.74) is 5.55. The van der Waals surface area contributed by atoms with E-state index in [-0.39, 0.29) is 17.6 Å². The first kappa shape index (κ1) is 21.3. The van der Waals surface area contributed by atoms with Gasteiger partial charge < -0.3 is 9.84 Å². The van der Waals surface area contributed by atoms with Crippen molar-refractivity contribution in [2.45, 2.75) is 72.6 Å². The van der Waals surface area contributed by atoms with Crippen molar-refractivity contribution in [1.82, 2.24) is 0 Å². The van der Waals surface area contributed by atoms with Crippen LogP contribution in [-0.4, -0.2) is 17.7 Å². The summed E-state index contributed by atoms with van der Waals surface area (Å²) in [4.78, 5) is 12.7. The van der Waals surface area contributed by atoms with Crippen molar-refractivity contribution in [2.24, 2.45) is 5.92 Å². The van der Waals surface area contributed by atoms with Gasteiger partial charge in [-0.2, -0.15) is 0 Å². The lowest BCUT2D eigenvalue weighted by molar-refractivity contribution is 0.0500. The maximum atomic E-state index is 12.7. The molecule has 1 aliphatic rings. The molecule has 0 fully saturated rings. The van der Waals surface area contributed by atoms with Crippen LogP contribution < -0.4 is 0 Å². The maximum absolute atomic E-state index is 12.7. The molecule has 0 radical (unpaired) electrons. The third kappa shape index (κ3) is 4.63. The molecule has 0 saturated carbocycles. The Morgan fingerprint density at radius 3 is 2.59 bits per heavy atom. The molecular formula is C24H34O3. The molecule has 1 aromatic rings. The van der Waals surface area contributed by atoms with Crippen LogP contribution in [0.1, 0.15) is 86.3 Å². The standard InChI is InChI=1S/C24H34O3/c1-7-9-18-14-17(6)21(23(25)22(18)24(26)27-12-8-2)20-13-16(5)10-11-19(20)15(3)4/h13-14,19-20,25H,3,7-12H2,1-2,4-6H3/t19-,20+/m0/s1. The second-order valence-electron chi connectivity index (χ2n) is 7.91. The number of ether oxygens (including phenoxy) is 1. The fourth-order valence-electron chi connectivity index (χ4n) is 4.17. The Labute approximate surface area is 164 Å². The van der Waals surface area contributed by atoms with E-state index in [9.17, 15) is 9.90 Å². The summed E-state index contributed by atoms with van der Waals surface area (Å²) in [6, 6.07) is 2.06. The van der Waals surface area contributed by atoms with Gasteiger partial charge in [0.15, 0.2) is 0 Å². The number of phenols is 1. The van der Waals surface area contributed by atoms with Crippen LogP contribution in [0.3, 0.4) is 0 Å². The van der Waals surface area contributed by atoms with Crippen LogP contribution in [0.25, 0.3) is 0 Å². The Morgan fingerprint density at radius 1 is 1.30 bits per heavy atom. The van der Waals surface area contributed by atoms with Crippen LogP contribution in [0.4, 0.5) is 0 Å². The summed E-state index contributed by atoms with van der Waals surface area (Å²) in [5, 5.41) is 11.2. The van der Waals surface area contributed by atoms with E-state index in [1.54, 1.807) is 0 Å². The number of hydrogen-bond donors (Lipinski definition) is 1. The average molecular weight is 371 g/mol. The molecule has 3 nitrogen and oxygen atoms in total. The second-order valence-corrected chi connectivity index (χ2v) is 7.91. The fourth-order valence-corrected chi connectivity index (χ4v) is 4.17. The van der Waals surface area contributed by atoms with E-state index in [0.717, 1.165) is 54.4 Å². The molecule has 1 N–H and O–H groups in total. The van der Waals surface area contributed by atoms with Gasteiger partial charge in [0.1, 0.15) is 11.3 Å². The maximum Gasteiger partial charge on any atom is 0.342 e. The van der Waals surface area contributed by atoms with E-state index in [4.69, 9.17) is 4.74 Å². The van der Waals surface area contributed by atoms with E-state index in [1.165, 1.54) is 5.57 Å². The molecule has 0 bridgehead atoms. The van der Waals surface area contributed by atoms with Crippen molar-refractivity contribution in [3.8, 4) is 5.75 Å². The van der Waals surface area contributed by atoms with Crippen molar-refractivity contribution >= 4 is 5.97 Å². The minimum Gasteiger partial charge on any atom is -0.507 e. The number of carbonyl (C=O) groups is 1. The van der Waals surface area contributed by atoms with Crippen molar-refractivity contribution in [2.75, 3.05) is 6.61 Å². The molecule has 1 aliphatic carbocycles. The zero-order valence-electron chi connectivity index (χ0n) is 17.5. The Hall–Kier alpha value is -2.03. The van der Waals surface area contributed by atoms with Gasteiger partial charge in [0.25, 0.3) is 0 Å². The molecule has 3 heteroatoms.